The van der Waals surface area contributed by atoms with E-state index in [4.69, 9.17) is 18.0 Å². The molecule has 0 saturated heterocycles. The van der Waals surface area contributed by atoms with E-state index in [0.717, 1.165) is 25.1 Å². The first kappa shape index (κ1) is 15.6. The van der Waals surface area contributed by atoms with E-state index in [-0.39, 0.29) is 5.91 Å². The molecule has 2 N–H and O–H groups in total. The van der Waals surface area contributed by atoms with E-state index in [9.17, 15) is 4.79 Å². The topological polar surface area (TPSA) is 46.3 Å². The SMILES string of the molecule is CCC(C)CN(CC)C(=O)c1ccc(C(N)=S)cc1. The largest absolute Gasteiger partial charge is 0.389 e. The third-order valence-electron chi connectivity index (χ3n) is 3.31. The van der Waals surface area contributed by atoms with Gasteiger partial charge in [-0.1, -0.05) is 44.6 Å². The number of hydrogen-bond donors (Lipinski definition) is 1. The highest BCUT2D eigenvalue weighted by Crippen LogP contribution is 2.11. The van der Waals surface area contributed by atoms with Crippen molar-refractivity contribution in [1.29, 1.82) is 0 Å². The molecule has 1 unspecified atom stereocenters. The van der Waals surface area contributed by atoms with E-state index < -0.39 is 0 Å². The molecule has 1 aromatic rings. The van der Waals surface area contributed by atoms with Crippen molar-refractivity contribution in [3.63, 3.8) is 0 Å². The first-order valence-corrected chi connectivity index (χ1v) is 7.09. The third-order valence-corrected chi connectivity index (χ3v) is 3.55. The minimum absolute atomic E-state index is 0.0669. The van der Waals surface area contributed by atoms with Crippen molar-refractivity contribution in [2.24, 2.45) is 11.7 Å². The molecule has 19 heavy (non-hydrogen) atoms. The zero-order chi connectivity index (χ0) is 14.4. The third kappa shape index (κ3) is 4.31. The summed E-state index contributed by atoms with van der Waals surface area (Å²) in [4.78, 5) is 14.6. The van der Waals surface area contributed by atoms with E-state index >= 15 is 0 Å². The maximum Gasteiger partial charge on any atom is 0.253 e. The summed E-state index contributed by atoms with van der Waals surface area (Å²) in [5.41, 5.74) is 7.02. The summed E-state index contributed by atoms with van der Waals surface area (Å²) in [7, 11) is 0. The smallest absolute Gasteiger partial charge is 0.253 e. The predicted octanol–water partition coefficient (Wildman–Crippen LogP) is 2.83. The van der Waals surface area contributed by atoms with E-state index in [1.165, 1.54) is 0 Å². The molecule has 0 bridgehead atoms. The van der Waals surface area contributed by atoms with Gasteiger partial charge in [-0.05, 0) is 25.0 Å². The summed E-state index contributed by atoms with van der Waals surface area (Å²) in [6, 6.07) is 7.17. The average molecular weight is 278 g/mol. The summed E-state index contributed by atoms with van der Waals surface area (Å²) >= 11 is 4.90. The molecule has 1 aromatic carbocycles. The van der Waals surface area contributed by atoms with E-state index in [1.807, 2.05) is 11.8 Å². The highest BCUT2D eigenvalue weighted by atomic mass is 32.1. The van der Waals surface area contributed by atoms with Gasteiger partial charge in [-0.2, -0.15) is 0 Å². The predicted molar refractivity (Wildman–Crippen MR) is 83.4 cm³/mol. The molecule has 104 valence electrons. The molecule has 0 aliphatic heterocycles. The van der Waals surface area contributed by atoms with Gasteiger partial charge in [0, 0.05) is 24.2 Å². The van der Waals surface area contributed by atoms with Crippen molar-refractivity contribution < 1.29 is 4.79 Å². The molecule has 1 amide bonds. The minimum Gasteiger partial charge on any atom is -0.389 e. The highest BCUT2D eigenvalue weighted by molar-refractivity contribution is 7.80. The van der Waals surface area contributed by atoms with Gasteiger partial charge in [0.25, 0.3) is 5.91 Å². The molecule has 1 atom stereocenters. The highest BCUT2D eigenvalue weighted by Gasteiger charge is 2.16. The van der Waals surface area contributed by atoms with Crippen LogP contribution in [0.2, 0.25) is 0 Å². The van der Waals surface area contributed by atoms with Crippen LogP contribution in [0.25, 0.3) is 0 Å². The zero-order valence-corrected chi connectivity index (χ0v) is 12.7. The summed E-state index contributed by atoms with van der Waals surface area (Å²) in [6.45, 7) is 7.82. The van der Waals surface area contributed by atoms with Crippen molar-refractivity contribution in [1.82, 2.24) is 4.90 Å². The second-order valence-electron chi connectivity index (χ2n) is 4.80. The Morgan fingerprint density at radius 1 is 1.26 bits per heavy atom. The van der Waals surface area contributed by atoms with Gasteiger partial charge < -0.3 is 10.6 Å². The molecule has 3 nitrogen and oxygen atoms in total. The maximum atomic E-state index is 12.4. The van der Waals surface area contributed by atoms with Crippen molar-refractivity contribution in [3.8, 4) is 0 Å². The molecule has 0 fully saturated rings. The number of nitrogens with two attached hydrogens (primary N) is 1. The standard InChI is InChI=1S/C15H22N2OS/c1-4-11(3)10-17(5-2)15(18)13-8-6-12(7-9-13)14(16)19/h6-9,11H,4-5,10H2,1-3H3,(H2,16,19). The molecule has 0 radical (unpaired) electrons. The summed E-state index contributed by atoms with van der Waals surface area (Å²) in [5, 5.41) is 0. The number of rotatable bonds is 6. The van der Waals surface area contributed by atoms with Crippen molar-refractivity contribution >= 4 is 23.1 Å². The van der Waals surface area contributed by atoms with Gasteiger partial charge in [0.15, 0.2) is 0 Å². The summed E-state index contributed by atoms with van der Waals surface area (Å²) < 4.78 is 0. The normalized spacial score (nSPS) is 11.9. The average Bonchev–Trinajstić information content (AvgIpc) is 2.43. The maximum absolute atomic E-state index is 12.4. The minimum atomic E-state index is 0.0669. The molecular formula is C15H22N2OS. The van der Waals surface area contributed by atoms with Crippen LogP contribution in [-0.4, -0.2) is 28.9 Å². The Labute approximate surface area is 120 Å². The monoisotopic (exact) mass is 278 g/mol. The molecule has 0 spiro atoms. The fourth-order valence-electron chi connectivity index (χ4n) is 1.82. The van der Waals surface area contributed by atoms with Crippen LogP contribution in [-0.2, 0) is 0 Å². The first-order chi connectivity index (χ1) is 8.99. The fraction of sp³-hybridized carbons (Fsp3) is 0.467. The lowest BCUT2D eigenvalue weighted by atomic mass is 10.1. The Hall–Kier alpha value is -1.42. The van der Waals surface area contributed by atoms with Gasteiger partial charge in [0.2, 0.25) is 0 Å². The molecule has 0 aromatic heterocycles. The number of amides is 1. The first-order valence-electron chi connectivity index (χ1n) is 6.68. The van der Waals surface area contributed by atoms with Crippen LogP contribution in [0.15, 0.2) is 24.3 Å². The number of carbonyl (C=O) groups excluding carboxylic acids is 1. The van der Waals surface area contributed by atoms with Crippen LogP contribution < -0.4 is 5.73 Å². The van der Waals surface area contributed by atoms with Crippen LogP contribution in [0.3, 0.4) is 0 Å². The number of benzene rings is 1. The van der Waals surface area contributed by atoms with Crippen molar-refractivity contribution in [3.05, 3.63) is 35.4 Å². The Kier molecular flexibility index (Phi) is 5.96. The molecule has 0 saturated carbocycles. The van der Waals surface area contributed by atoms with E-state index in [0.29, 0.717) is 16.5 Å². The molecular weight excluding hydrogens is 256 g/mol. The summed E-state index contributed by atoms with van der Waals surface area (Å²) in [6.07, 6.45) is 1.07. The fourth-order valence-corrected chi connectivity index (χ4v) is 1.96. The number of nitrogens with zero attached hydrogens (tertiary/aromatic N) is 1. The molecule has 0 aliphatic rings. The molecule has 4 heteroatoms. The van der Waals surface area contributed by atoms with Crippen LogP contribution in [0.1, 0.15) is 43.1 Å². The summed E-state index contributed by atoms with van der Waals surface area (Å²) in [5.74, 6) is 0.581. The molecule has 1 rings (SSSR count). The van der Waals surface area contributed by atoms with Crippen LogP contribution in [0.5, 0.6) is 0 Å². The lowest BCUT2D eigenvalue weighted by Crippen LogP contribution is -2.34. The number of hydrogen-bond acceptors (Lipinski definition) is 2. The van der Waals surface area contributed by atoms with Gasteiger partial charge in [-0.15, -0.1) is 0 Å². The molecule has 0 aliphatic carbocycles. The van der Waals surface area contributed by atoms with Gasteiger partial charge in [-0.3, -0.25) is 4.79 Å². The second-order valence-corrected chi connectivity index (χ2v) is 5.24. The van der Waals surface area contributed by atoms with Gasteiger partial charge >= 0.3 is 0 Å². The Balaban J connectivity index is 2.82. The van der Waals surface area contributed by atoms with Gasteiger partial charge in [-0.25, -0.2) is 0 Å². The van der Waals surface area contributed by atoms with Crippen molar-refractivity contribution in [2.45, 2.75) is 27.2 Å². The Bertz CT molecular complexity index is 442. The van der Waals surface area contributed by atoms with Gasteiger partial charge in [0.1, 0.15) is 4.99 Å². The molecule has 0 heterocycles. The van der Waals surface area contributed by atoms with Crippen LogP contribution in [0, 0.1) is 5.92 Å². The van der Waals surface area contributed by atoms with Crippen LogP contribution >= 0.6 is 12.2 Å². The van der Waals surface area contributed by atoms with Crippen molar-refractivity contribution in [2.75, 3.05) is 13.1 Å². The number of thiocarbonyl (C=S) groups is 1. The second kappa shape index (κ2) is 7.24. The Morgan fingerprint density at radius 3 is 2.21 bits per heavy atom. The lowest BCUT2D eigenvalue weighted by molar-refractivity contribution is 0.0741. The Morgan fingerprint density at radius 2 is 1.79 bits per heavy atom. The van der Waals surface area contributed by atoms with E-state index in [1.54, 1.807) is 24.3 Å². The number of carbonyl (C=O) groups is 1. The van der Waals surface area contributed by atoms with E-state index in [2.05, 4.69) is 13.8 Å². The zero-order valence-electron chi connectivity index (χ0n) is 11.8. The lowest BCUT2D eigenvalue weighted by Gasteiger charge is -2.24. The quantitative estimate of drug-likeness (QED) is 0.814. The van der Waals surface area contributed by atoms with Crippen LogP contribution in [0.4, 0.5) is 0 Å². The van der Waals surface area contributed by atoms with Gasteiger partial charge in [0.05, 0.1) is 0 Å².